The van der Waals surface area contributed by atoms with Crippen LogP contribution in [0.3, 0.4) is 0 Å². The van der Waals surface area contributed by atoms with Gasteiger partial charge in [-0.2, -0.15) is 5.10 Å². The molecule has 0 aliphatic carbocycles. The lowest BCUT2D eigenvalue weighted by atomic mass is 10.2. The van der Waals surface area contributed by atoms with E-state index in [-0.39, 0.29) is 0 Å². The molecule has 0 bridgehead atoms. The summed E-state index contributed by atoms with van der Waals surface area (Å²) in [6, 6.07) is 3.99. The summed E-state index contributed by atoms with van der Waals surface area (Å²) in [6.07, 6.45) is 0. The van der Waals surface area contributed by atoms with E-state index in [1.807, 2.05) is 10.7 Å². The molecule has 6 heteroatoms. The van der Waals surface area contributed by atoms with E-state index in [2.05, 4.69) is 30.3 Å². The average molecular weight is 314 g/mol. The minimum absolute atomic E-state index is 0.722. The first-order chi connectivity index (χ1) is 9.61. The number of aryl methyl sites for hydroxylation is 1. The zero-order chi connectivity index (χ0) is 14.5. The van der Waals surface area contributed by atoms with Gasteiger partial charge in [-0.15, -0.1) is 11.3 Å². The number of aromatic nitrogens is 2. The van der Waals surface area contributed by atoms with Crippen LogP contribution in [0.25, 0.3) is 0 Å². The average Bonchev–Trinajstić information content (AvgIpc) is 2.93. The summed E-state index contributed by atoms with van der Waals surface area (Å²) in [5.74, 6) is 0. The first-order valence-electron chi connectivity index (χ1n) is 6.58. The Bertz CT molecular complexity index is 565. The van der Waals surface area contributed by atoms with E-state index in [1.165, 1.54) is 16.1 Å². The lowest BCUT2D eigenvalue weighted by Crippen LogP contribution is -2.19. The summed E-state index contributed by atoms with van der Waals surface area (Å²) < 4.78 is 7.90. The molecule has 0 saturated carbocycles. The maximum absolute atomic E-state index is 5.97. The maximum atomic E-state index is 5.97. The number of hydrogen-bond donors (Lipinski definition) is 1. The van der Waals surface area contributed by atoms with Gasteiger partial charge >= 0.3 is 0 Å². The number of nitrogens with one attached hydrogen (secondary N) is 1. The molecule has 0 radical (unpaired) electrons. The third kappa shape index (κ3) is 3.82. The molecule has 0 spiro atoms. The summed E-state index contributed by atoms with van der Waals surface area (Å²) in [5.41, 5.74) is 3.55. The molecule has 110 valence electrons. The summed E-state index contributed by atoms with van der Waals surface area (Å²) in [7, 11) is 1.71. The van der Waals surface area contributed by atoms with Crippen LogP contribution >= 0.6 is 22.9 Å². The number of nitrogens with zero attached hydrogens (tertiary/aromatic N) is 2. The molecule has 0 saturated heterocycles. The van der Waals surface area contributed by atoms with Gasteiger partial charge in [0.05, 0.1) is 23.2 Å². The third-order valence-electron chi connectivity index (χ3n) is 3.25. The van der Waals surface area contributed by atoms with Gasteiger partial charge in [-0.3, -0.25) is 4.68 Å². The quantitative estimate of drug-likeness (QED) is 0.799. The first-order valence-corrected chi connectivity index (χ1v) is 7.78. The molecule has 20 heavy (non-hydrogen) atoms. The summed E-state index contributed by atoms with van der Waals surface area (Å²) in [6.45, 7) is 7.34. The number of hydrogen-bond acceptors (Lipinski definition) is 4. The van der Waals surface area contributed by atoms with E-state index in [0.29, 0.717) is 0 Å². The Balaban J connectivity index is 2.04. The molecule has 0 aromatic carbocycles. The van der Waals surface area contributed by atoms with Crippen LogP contribution in [0.2, 0.25) is 4.34 Å². The van der Waals surface area contributed by atoms with Crippen LogP contribution < -0.4 is 5.32 Å². The molecule has 2 rings (SSSR count). The van der Waals surface area contributed by atoms with Gasteiger partial charge in [0.1, 0.15) is 0 Å². The molecule has 0 atom stereocenters. The molecule has 2 aromatic heterocycles. The Morgan fingerprint density at radius 2 is 2.20 bits per heavy atom. The van der Waals surface area contributed by atoms with Gasteiger partial charge in [0, 0.05) is 36.3 Å². The topological polar surface area (TPSA) is 39.1 Å². The second-order valence-electron chi connectivity index (χ2n) is 4.68. The van der Waals surface area contributed by atoms with Crippen molar-refractivity contribution in [2.24, 2.45) is 0 Å². The summed E-state index contributed by atoms with van der Waals surface area (Å²) >= 11 is 7.57. The number of halogens is 1. The van der Waals surface area contributed by atoms with E-state index in [1.54, 1.807) is 18.4 Å². The fourth-order valence-electron chi connectivity index (χ4n) is 2.12. The predicted molar refractivity (Wildman–Crippen MR) is 83.7 cm³/mol. The molecular weight excluding hydrogens is 294 g/mol. The Hall–Kier alpha value is -0.880. The molecule has 0 unspecified atom stereocenters. The highest BCUT2D eigenvalue weighted by Crippen LogP contribution is 2.23. The van der Waals surface area contributed by atoms with Crippen molar-refractivity contribution in [2.45, 2.75) is 26.9 Å². The lowest BCUT2D eigenvalue weighted by Gasteiger charge is -2.06. The Labute approximate surface area is 128 Å². The van der Waals surface area contributed by atoms with Crippen molar-refractivity contribution in [3.05, 3.63) is 38.3 Å². The van der Waals surface area contributed by atoms with Crippen molar-refractivity contribution in [1.29, 1.82) is 0 Å². The van der Waals surface area contributed by atoms with Gasteiger partial charge in [0.15, 0.2) is 0 Å². The first kappa shape index (κ1) is 15.5. The van der Waals surface area contributed by atoms with E-state index in [9.17, 15) is 0 Å². The monoisotopic (exact) mass is 313 g/mol. The minimum Gasteiger partial charge on any atom is -0.383 e. The van der Waals surface area contributed by atoms with Crippen LogP contribution in [0, 0.1) is 13.8 Å². The molecule has 2 aromatic rings. The Kier molecular flexibility index (Phi) is 5.60. The molecule has 0 fully saturated rings. The summed E-state index contributed by atoms with van der Waals surface area (Å²) in [4.78, 5) is 1.22. The van der Waals surface area contributed by atoms with E-state index in [0.717, 1.165) is 36.3 Å². The zero-order valence-electron chi connectivity index (χ0n) is 12.1. The maximum Gasteiger partial charge on any atom is 0.0931 e. The van der Waals surface area contributed by atoms with E-state index < -0.39 is 0 Å². The standard InChI is InChI=1S/C14H20ClN3OS/c1-10-13(8-16-6-7-19-3)11(2)18(17-10)9-12-4-5-14(15)20-12/h4-5,16H,6-9H2,1-3H3. The van der Waals surface area contributed by atoms with Gasteiger partial charge in [-0.05, 0) is 26.0 Å². The molecule has 0 aliphatic rings. The highest BCUT2D eigenvalue weighted by Gasteiger charge is 2.12. The van der Waals surface area contributed by atoms with Crippen LogP contribution in [-0.4, -0.2) is 30.0 Å². The van der Waals surface area contributed by atoms with Crippen molar-refractivity contribution < 1.29 is 4.74 Å². The third-order valence-corrected chi connectivity index (χ3v) is 4.47. The summed E-state index contributed by atoms with van der Waals surface area (Å²) in [5, 5.41) is 7.99. The number of methoxy groups -OCH3 is 1. The lowest BCUT2D eigenvalue weighted by molar-refractivity contribution is 0.199. The smallest absolute Gasteiger partial charge is 0.0931 e. The van der Waals surface area contributed by atoms with Crippen molar-refractivity contribution in [1.82, 2.24) is 15.1 Å². The van der Waals surface area contributed by atoms with Gasteiger partial charge in [0.25, 0.3) is 0 Å². The molecule has 1 N–H and O–H groups in total. The second kappa shape index (κ2) is 7.22. The van der Waals surface area contributed by atoms with Crippen LogP contribution in [0.15, 0.2) is 12.1 Å². The molecular formula is C14H20ClN3OS. The predicted octanol–water partition coefficient (Wildman–Crippen LogP) is 3.00. The van der Waals surface area contributed by atoms with Gasteiger partial charge in [-0.1, -0.05) is 11.6 Å². The highest BCUT2D eigenvalue weighted by atomic mass is 35.5. The fourth-order valence-corrected chi connectivity index (χ4v) is 3.19. The zero-order valence-corrected chi connectivity index (χ0v) is 13.6. The Morgan fingerprint density at radius 1 is 1.40 bits per heavy atom. The molecule has 0 amide bonds. The Morgan fingerprint density at radius 3 is 2.85 bits per heavy atom. The molecule has 4 nitrogen and oxygen atoms in total. The number of rotatable bonds is 7. The SMILES string of the molecule is COCCNCc1c(C)nn(Cc2ccc(Cl)s2)c1C. The minimum atomic E-state index is 0.722. The van der Waals surface area contributed by atoms with Gasteiger partial charge in [-0.25, -0.2) is 0 Å². The number of ether oxygens (including phenoxy) is 1. The highest BCUT2D eigenvalue weighted by molar-refractivity contribution is 7.16. The van der Waals surface area contributed by atoms with Crippen molar-refractivity contribution in [3.8, 4) is 0 Å². The van der Waals surface area contributed by atoms with Crippen LogP contribution in [-0.2, 0) is 17.8 Å². The van der Waals surface area contributed by atoms with E-state index >= 15 is 0 Å². The normalized spacial score (nSPS) is 11.2. The molecule has 0 aliphatic heterocycles. The second-order valence-corrected chi connectivity index (χ2v) is 6.48. The van der Waals surface area contributed by atoms with Crippen LogP contribution in [0.4, 0.5) is 0 Å². The van der Waals surface area contributed by atoms with Crippen molar-refractivity contribution in [2.75, 3.05) is 20.3 Å². The van der Waals surface area contributed by atoms with Crippen molar-refractivity contribution in [3.63, 3.8) is 0 Å². The van der Waals surface area contributed by atoms with Crippen molar-refractivity contribution >= 4 is 22.9 Å². The van der Waals surface area contributed by atoms with Gasteiger partial charge < -0.3 is 10.1 Å². The van der Waals surface area contributed by atoms with Crippen LogP contribution in [0.5, 0.6) is 0 Å². The molecule has 2 heterocycles. The fraction of sp³-hybridized carbons (Fsp3) is 0.500. The number of thiophene rings is 1. The van der Waals surface area contributed by atoms with Gasteiger partial charge in [0.2, 0.25) is 0 Å². The van der Waals surface area contributed by atoms with Crippen LogP contribution in [0.1, 0.15) is 21.8 Å². The largest absolute Gasteiger partial charge is 0.383 e. The van der Waals surface area contributed by atoms with E-state index in [4.69, 9.17) is 16.3 Å².